The van der Waals surface area contributed by atoms with E-state index in [0.717, 1.165) is 11.3 Å². The number of hydrogen-bond donors (Lipinski definition) is 2. The van der Waals surface area contributed by atoms with Crippen LogP contribution < -0.4 is 15.5 Å². The molecule has 1 heterocycles. The normalized spacial score (nSPS) is 12.9. The number of rotatable bonds is 5. The van der Waals surface area contributed by atoms with Crippen LogP contribution in [0.4, 0.5) is 0 Å². The van der Waals surface area contributed by atoms with Crippen molar-refractivity contribution in [1.82, 2.24) is 5.32 Å². The van der Waals surface area contributed by atoms with E-state index >= 15 is 0 Å². The topological polar surface area (TPSA) is 67.8 Å². The second-order valence-corrected chi connectivity index (χ2v) is 5.42. The predicted octanol–water partition coefficient (Wildman–Crippen LogP) is 1.56. The molecule has 0 unspecified atom stereocenters. The molecule has 0 atom stereocenters. The summed E-state index contributed by atoms with van der Waals surface area (Å²) in [5.41, 5.74) is 2.88. The molecule has 0 fully saturated rings. The summed E-state index contributed by atoms with van der Waals surface area (Å²) in [6, 6.07) is 12.8. The van der Waals surface area contributed by atoms with E-state index in [-0.39, 0.29) is 26.0 Å². The number of ether oxygens (including phenoxy) is 1. The van der Waals surface area contributed by atoms with Gasteiger partial charge in [-0.05, 0) is 47.4 Å². The minimum Gasteiger partial charge on any atom is -0.457 e. The number of carbonyl (C=O) groups is 1. The van der Waals surface area contributed by atoms with E-state index in [0.29, 0.717) is 17.9 Å². The maximum atomic E-state index is 11.8. The number of amides is 1. The van der Waals surface area contributed by atoms with Crippen LogP contribution in [0.2, 0.25) is 6.82 Å². The molecule has 118 valence electrons. The van der Waals surface area contributed by atoms with E-state index in [4.69, 9.17) is 14.5 Å². The smallest absolute Gasteiger partial charge is 0.324 e. The molecular formula is C17H18BNO4. The first kappa shape index (κ1) is 15.6. The average Bonchev–Trinajstić information content (AvgIpc) is 2.94. The van der Waals surface area contributed by atoms with Crippen LogP contribution in [0.3, 0.4) is 0 Å². The average molecular weight is 311 g/mol. The molecule has 1 amide bonds. The first-order valence-electron chi connectivity index (χ1n) is 7.59. The zero-order valence-corrected chi connectivity index (χ0v) is 12.9. The quantitative estimate of drug-likeness (QED) is 0.822. The summed E-state index contributed by atoms with van der Waals surface area (Å²) in [6.45, 7) is 2.95. The van der Waals surface area contributed by atoms with Gasteiger partial charge in [0.15, 0.2) is 0 Å². The molecule has 0 aliphatic carbocycles. The van der Waals surface area contributed by atoms with Crippen LogP contribution in [0.1, 0.15) is 15.9 Å². The Morgan fingerprint density at radius 2 is 2.00 bits per heavy atom. The number of aliphatic hydroxyl groups is 1. The van der Waals surface area contributed by atoms with Gasteiger partial charge in [0.1, 0.15) is 11.5 Å². The number of benzene rings is 2. The number of carbonyl (C=O) groups excluding carboxylic acids is 1. The highest BCUT2D eigenvalue weighted by Crippen LogP contribution is 2.24. The Bertz CT molecular complexity index is 702. The van der Waals surface area contributed by atoms with Crippen LogP contribution in [0.25, 0.3) is 0 Å². The molecule has 2 N–H and O–H groups in total. The van der Waals surface area contributed by atoms with Gasteiger partial charge in [0.05, 0.1) is 13.2 Å². The molecule has 0 saturated carbocycles. The van der Waals surface area contributed by atoms with Crippen molar-refractivity contribution in [1.29, 1.82) is 0 Å². The van der Waals surface area contributed by atoms with Crippen molar-refractivity contribution in [2.75, 3.05) is 13.2 Å². The fourth-order valence-corrected chi connectivity index (χ4v) is 2.55. The molecule has 1 aliphatic rings. The van der Waals surface area contributed by atoms with Gasteiger partial charge in [0, 0.05) is 12.1 Å². The van der Waals surface area contributed by atoms with Gasteiger partial charge in [-0.3, -0.25) is 4.79 Å². The summed E-state index contributed by atoms with van der Waals surface area (Å²) in [5.74, 6) is 1.20. The molecule has 3 rings (SSSR count). The van der Waals surface area contributed by atoms with E-state index in [1.807, 2.05) is 25.0 Å². The van der Waals surface area contributed by atoms with Crippen molar-refractivity contribution in [2.24, 2.45) is 0 Å². The zero-order chi connectivity index (χ0) is 16.2. The molecule has 0 spiro atoms. The maximum Gasteiger partial charge on any atom is 0.324 e. The molecule has 23 heavy (non-hydrogen) atoms. The predicted molar refractivity (Wildman–Crippen MR) is 88.4 cm³/mol. The largest absolute Gasteiger partial charge is 0.457 e. The lowest BCUT2D eigenvalue weighted by Crippen LogP contribution is -2.26. The van der Waals surface area contributed by atoms with Crippen molar-refractivity contribution in [3.8, 4) is 11.5 Å². The maximum absolute atomic E-state index is 11.8. The summed E-state index contributed by atoms with van der Waals surface area (Å²) < 4.78 is 11.4. The SMILES string of the molecule is CB1OCc2cc(Oc3ccc(C(=O)NCCO)cc3)ccc21. The Hall–Kier alpha value is -2.31. The fourth-order valence-electron chi connectivity index (χ4n) is 2.55. The van der Waals surface area contributed by atoms with E-state index < -0.39 is 0 Å². The van der Waals surface area contributed by atoms with E-state index in [2.05, 4.69) is 5.32 Å². The van der Waals surface area contributed by atoms with Gasteiger partial charge in [-0.25, -0.2) is 0 Å². The molecule has 2 aromatic rings. The second-order valence-electron chi connectivity index (χ2n) is 5.42. The van der Waals surface area contributed by atoms with Crippen molar-refractivity contribution in [2.45, 2.75) is 13.4 Å². The molecule has 0 radical (unpaired) electrons. The molecule has 1 aliphatic heterocycles. The monoisotopic (exact) mass is 311 g/mol. The summed E-state index contributed by atoms with van der Waals surface area (Å²) >= 11 is 0. The highest BCUT2D eigenvalue weighted by Gasteiger charge is 2.23. The van der Waals surface area contributed by atoms with Crippen molar-refractivity contribution in [3.63, 3.8) is 0 Å². The molecule has 6 heteroatoms. The lowest BCUT2D eigenvalue weighted by atomic mass is 9.64. The molecule has 2 aromatic carbocycles. The first-order valence-corrected chi connectivity index (χ1v) is 7.59. The van der Waals surface area contributed by atoms with Crippen LogP contribution in [-0.2, 0) is 11.3 Å². The third-order valence-corrected chi connectivity index (χ3v) is 3.79. The summed E-state index contributed by atoms with van der Waals surface area (Å²) in [6.07, 6.45) is 0. The van der Waals surface area contributed by atoms with E-state index in [1.54, 1.807) is 24.3 Å². The van der Waals surface area contributed by atoms with Crippen LogP contribution in [0.15, 0.2) is 42.5 Å². The lowest BCUT2D eigenvalue weighted by molar-refractivity contribution is 0.0945. The highest BCUT2D eigenvalue weighted by molar-refractivity contribution is 6.67. The lowest BCUT2D eigenvalue weighted by Gasteiger charge is -2.09. The molecule has 0 saturated heterocycles. The first-order chi connectivity index (χ1) is 11.2. The van der Waals surface area contributed by atoms with Gasteiger partial charge in [-0.15, -0.1) is 0 Å². The van der Waals surface area contributed by atoms with Crippen LogP contribution in [-0.4, -0.2) is 31.1 Å². The Morgan fingerprint density at radius 1 is 1.26 bits per heavy atom. The van der Waals surface area contributed by atoms with Crippen LogP contribution in [0, 0.1) is 0 Å². The van der Waals surface area contributed by atoms with Crippen molar-refractivity contribution >= 4 is 18.3 Å². The van der Waals surface area contributed by atoms with Crippen LogP contribution >= 0.6 is 0 Å². The van der Waals surface area contributed by atoms with Gasteiger partial charge < -0.3 is 19.8 Å². The Labute approximate surface area is 135 Å². The van der Waals surface area contributed by atoms with Gasteiger partial charge in [0.2, 0.25) is 0 Å². The fraction of sp³-hybridized carbons (Fsp3) is 0.235. The molecular weight excluding hydrogens is 293 g/mol. The third kappa shape index (κ3) is 3.55. The minimum absolute atomic E-state index is 0.0758. The molecule has 0 bridgehead atoms. The Balaban J connectivity index is 1.68. The number of fused-ring (bicyclic) bond motifs is 1. The van der Waals surface area contributed by atoms with Gasteiger partial charge in [0.25, 0.3) is 5.91 Å². The third-order valence-electron chi connectivity index (χ3n) is 3.79. The number of nitrogens with one attached hydrogen (secondary N) is 1. The minimum atomic E-state index is -0.214. The summed E-state index contributed by atoms with van der Waals surface area (Å²) in [5, 5.41) is 11.3. The van der Waals surface area contributed by atoms with Gasteiger partial charge in [-0.2, -0.15) is 0 Å². The molecule has 5 nitrogen and oxygen atoms in total. The molecule has 0 aromatic heterocycles. The van der Waals surface area contributed by atoms with Crippen molar-refractivity contribution in [3.05, 3.63) is 53.6 Å². The Kier molecular flexibility index (Phi) is 4.64. The van der Waals surface area contributed by atoms with Crippen LogP contribution in [0.5, 0.6) is 11.5 Å². The summed E-state index contributed by atoms with van der Waals surface area (Å²) in [7, 11) is 0. The summed E-state index contributed by atoms with van der Waals surface area (Å²) in [4.78, 5) is 11.8. The number of hydrogen-bond acceptors (Lipinski definition) is 4. The van der Waals surface area contributed by atoms with Gasteiger partial charge >= 0.3 is 6.92 Å². The van der Waals surface area contributed by atoms with E-state index in [9.17, 15) is 4.79 Å². The number of aliphatic hydroxyl groups excluding tert-OH is 1. The van der Waals surface area contributed by atoms with Crippen molar-refractivity contribution < 1.29 is 19.3 Å². The second kappa shape index (κ2) is 6.85. The van der Waals surface area contributed by atoms with E-state index in [1.165, 1.54) is 5.46 Å². The standard InChI is InChI=1S/C17H18BNO4/c1-18-16-7-6-15(10-13(16)11-22-18)23-14-4-2-12(3-5-14)17(21)19-8-9-20/h2-7,10,20H,8-9,11H2,1H3,(H,19,21). The Morgan fingerprint density at radius 3 is 2.74 bits per heavy atom. The zero-order valence-electron chi connectivity index (χ0n) is 12.9. The van der Waals surface area contributed by atoms with Gasteiger partial charge in [-0.1, -0.05) is 12.9 Å². The highest BCUT2D eigenvalue weighted by atomic mass is 16.5.